The molecule has 0 saturated heterocycles. The van der Waals surface area contributed by atoms with E-state index in [2.05, 4.69) is 43.4 Å². The number of benzene rings is 3. The van der Waals surface area contributed by atoms with Crippen LogP contribution in [0.15, 0.2) is 109 Å². The summed E-state index contributed by atoms with van der Waals surface area (Å²) in [5.74, 6) is -1.53. The van der Waals surface area contributed by atoms with Crippen LogP contribution in [0.5, 0.6) is 0 Å². The SMILES string of the molecule is Cn1cc(NC(=O)c2cc3ccccc3[nH]2)cc1C(=O)NCCCC(=O)Nc1cc(C(=O)On2nnc3ccccc32)n(CCCCCCCCCCCOCc2ccccc2)c1. The van der Waals surface area contributed by atoms with Gasteiger partial charge in [-0.1, -0.05) is 110 Å². The van der Waals surface area contributed by atoms with Gasteiger partial charge in [0, 0.05) is 56.5 Å². The fourth-order valence-electron chi connectivity index (χ4n) is 7.48. The third-order valence-corrected chi connectivity index (χ3v) is 10.8. The van der Waals surface area contributed by atoms with E-state index in [1.807, 2.05) is 59.2 Å². The zero-order valence-corrected chi connectivity index (χ0v) is 35.7. The van der Waals surface area contributed by atoms with Crippen molar-refractivity contribution in [2.45, 2.75) is 83.8 Å². The lowest BCUT2D eigenvalue weighted by molar-refractivity contribution is -0.116. The number of aromatic nitrogens is 6. The van der Waals surface area contributed by atoms with Gasteiger partial charge in [-0.2, -0.15) is 0 Å². The van der Waals surface area contributed by atoms with Crippen LogP contribution in [0.3, 0.4) is 0 Å². The predicted molar refractivity (Wildman–Crippen MR) is 242 cm³/mol. The van der Waals surface area contributed by atoms with Crippen molar-refractivity contribution in [1.29, 1.82) is 0 Å². The van der Waals surface area contributed by atoms with Crippen LogP contribution in [0.25, 0.3) is 21.9 Å². The number of carbonyl (C=O) groups excluding carboxylic acids is 4. The minimum Gasteiger partial charge on any atom is -0.377 e. The van der Waals surface area contributed by atoms with Gasteiger partial charge in [-0.05, 0) is 66.4 Å². The number of hydrogen-bond acceptors (Lipinski definition) is 8. The Morgan fingerprint density at radius 2 is 1.40 bits per heavy atom. The molecule has 0 spiro atoms. The second-order valence-electron chi connectivity index (χ2n) is 15.7. The van der Waals surface area contributed by atoms with E-state index in [0.717, 1.165) is 54.5 Å². The van der Waals surface area contributed by atoms with Crippen molar-refractivity contribution in [1.82, 2.24) is 34.6 Å². The lowest BCUT2D eigenvalue weighted by Crippen LogP contribution is -2.27. The van der Waals surface area contributed by atoms with Gasteiger partial charge in [-0.25, -0.2) is 4.79 Å². The van der Waals surface area contributed by atoms with Gasteiger partial charge in [0.2, 0.25) is 5.91 Å². The molecular formula is C48H55N9O6. The molecule has 7 rings (SSSR count). The summed E-state index contributed by atoms with van der Waals surface area (Å²) in [6.45, 7) is 2.28. The number of para-hydroxylation sites is 2. The smallest absolute Gasteiger partial charge is 0.377 e. The van der Waals surface area contributed by atoms with Gasteiger partial charge < -0.3 is 39.6 Å². The molecule has 63 heavy (non-hydrogen) atoms. The molecule has 0 radical (unpaired) electrons. The van der Waals surface area contributed by atoms with Crippen molar-refractivity contribution in [2.75, 3.05) is 23.8 Å². The van der Waals surface area contributed by atoms with Crippen LogP contribution < -0.4 is 20.8 Å². The molecule has 0 aliphatic carbocycles. The molecule has 15 heteroatoms. The summed E-state index contributed by atoms with van der Waals surface area (Å²) in [7, 11) is 1.72. The number of nitrogens with one attached hydrogen (secondary N) is 4. The lowest BCUT2D eigenvalue weighted by Gasteiger charge is -2.09. The first-order valence-corrected chi connectivity index (χ1v) is 21.8. The summed E-state index contributed by atoms with van der Waals surface area (Å²) in [6, 6.07) is 30.1. The Bertz CT molecular complexity index is 2570. The van der Waals surface area contributed by atoms with E-state index in [-0.39, 0.29) is 36.4 Å². The van der Waals surface area contributed by atoms with Crippen LogP contribution in [-0.4, -0.2) is 66.1 Å². The van der Waals surface area contributed by atoms with E-state index in [4.69, 9.17) is 9.57 Å². The number of rotatable bonds is 24. The first-order valence-electron chi connectivity index (χ1n) is 21.8. The van der Waals surface area contributed by atoms with Crippen LogP contribution in [0, 0.1) is 0 Å². The molecule has 4 heterocycles. The van der Waals surface area contributed by atoms with Crippen LogP contribution in [0.1, 0.15) is 108 Å². The highest BCUT2D eigenvalue weighted by molar-refractivity contribution is 6.06. The molecule has 0 aliphatic heterocycles. The lowest BCUT2D eigenvalue weighted by atomic mass is 10.1. The molecule has 0 unspecified atom stereocenters. The predicted octanol–water partition coefficient (Wildman–Crippen LogP) is 8.45. The number of fused-ring (bicyclic) bond motifs is 2. The highest BCUT2D eigenvalue weighted by Gasteiger charge is 2.20. The Hall–Kier alpha value is -7.00. The number of aryl methyl sites for hydroxylation is 2. The first kappa shape index (κ1) is 44.1. The Kier molecular flexibility index (Phi) is 15.5. The molecule has 0 bridgehead atoms. The van der Waals surface area contributed by atoms with Crippen LogP contribution in [0.4, 0.5) is 11.4 Å². The average molecular weight is 854 g/mol. The zero-order chi connectivity index (χ0) is 43.8. The van der Waals surface area contributed by atoms with Gasteiger partial charge in [-0.15, -0.1) is 5.10 Å². The Balaban J connectivity index is 0.837. The minimum atomic E-state index is -0.624. The number of unbranched alkanes of at least 4 members (excludes halogenated alkanes) is 8. The number of nitrogens with zero attached hydrogens (tertiary/aromatic N) is 5. The summed E-state index contributed by atoms with van der Waals surface area (Å²) >= 11 is 0. The quantitative estimate of drug-likeness (QED) is 0.0345. The molecule has 0 saturated carbocycles. The van der Waals surface area contributed by atoms with Gasteiger partial charge in [0.05, 0.1) is 18.0 Å². The maximum absolute atomic E-state index is 13.5. The molecule has 4 aromatic heterocycles. The van der Waals surface area contributed by atoms with Crippen molar-refractivity contribution in [2.24, 2.45) is 7.05 Å². The fourth-order valence-corrected chi connectivity index (χ4v) is 7.48. The van der Waals surface area contributed by atoms with Crippen LogP contribution in [-0.2, 0) is 29.7 Å². The highest BCUT2D eigenvalue weighted by atomic mass is 16.7. The van der Waals surface area contributed by atoms with Crippen LogP contribution >= 0.6 is 0 Å². The summed E-state index contributed by atoms with van der Waals surface area (Å²) in [6.07, 6.45) is 13.9. The number of hydrogen-bond donors (Lipinski definition) is 4. The first-order chi connectivity index (χ1) is 30.8. The standard InChI is InChI=1S/C48H55N9O6/c1-55-32-37(51-46(59)41-29-36-21-12-13-22-39(36)52-41)30-43(55)47(60)49-26-18-25-45(58)50-38-31-44(48(61)63-57-42-24-15-14-23-40(42)53-54-57)56(33-38)27-16-7-5-3-2-4-6-8-17-28-62-34-35-19-10-9-11-20-35/h9-15,19-24,29-33,52H,2-8,16-18,25-28,34H2,1H3,(H,49,60)(H,50,58)(H,51,59). The Labute approximate surface area is 366 Å². The summed E-state index contributed by atoms with van der Waals surface area (Å²) in [5, 5.41) is 17.6. The monoisotopic (exact) mass is 853 g/mol. The number of aromatic amines is 1. The largest absolute Gasteiger partial charge is 0.382 e. The van der Waals surface area contributed by atoms with Crippen molar-refractivity contribution in [3.8, 4) is 0 Å². The normalized spacial score (nSPS) is 11.3. The van der Waals surface area contributed by atoms with Gasteiger partial charge in [0.1, 0.15) is 28.1 Å². The van der Waals surface area contributed by atoms with Crippen molar-refractivity contribution < 1.29 is 28.8 Å². The summed E-state index contributed by atoms with van der Waals surface area (Å²) < 4.78 is 9.25. The zero-order valence-electron chi connectivity index (χ0n) is 35.7. The number of amides is 3. The second kappa shape index (κ2) is 22.2. The number of ether oxygens (including phenoxy) is 1. The molecule has 3 aromatic carbocycles. The summed E-state index contributed by atoms with van der Waals surface area (Å²) in [4.78, 5) is 62.3. The van der Waals surface area contributed by atoms with E-state index in [1.54, 1.807) is 54.3 Å². The van der Waals surface area contributed by atoms with E-state index in [1.165, 1.54) is 31.2 Å². The maximum Gasteiger partial charge on any atom is 0.382 e. The molecule has 15 nitrogen and oxygen atoms in total. The second-order valence-corrected chi connectivity index (χ2v) is 15.7. The Morgan fingerprint density at radius 1 is 0.698 bits per heavy atom. The van der Waals surface area contributed by atoms with Gasteiger partial charge in [0.15, 0.2) is 0 Å². The molecule has 0 aliphatic rings. The third-order valence-electron chi connectivity index (χ3n) is 10.8. The Morgan fingerprint density at radius 3 is 2.21 bits per heavy atom. The number of anilines is 2. The molecule has 3 amide bonds. The number of carbonyl (C=O) groups is 4. The maximum atomic E-state index is 13.5. The molecule has 0 atom stereocenters. The van der Waals surface area contributed by atoms with Crippen molar-refractivity contribution in [3.63, 3.8) is 0 Å². The third kappa shape index (κ3) is 12.5. The number of H-pyrrole nitrogens is 1. The fraction of sp³-hybridized carbons (Fsp3) is 0.333. The van der Waals surface area contributed by atoms with Crippen LogP contribution in [0.2, 0.25) is 0 Å². The molecule has 328 valence electrons. The van der Waals surface area contributed by atoms with Gasteiger partial charge in [-0.3, -0.25) is 14.4 Å². The average Bonchev–Trinajstić information content (AvgIpc) is 4.09. The van der Waals surface area contributed by atoms with E-state index >= 15 is 0 Å². The molecular weight excluding hydrogens is 799 g/mol. The van der Waals surface area contributed by atoms with E-state index in [9.17, 15) is 19.2 Å². The van der Waals surface area contributed by atoms with Crippen molar-refractivity contribution in [3.05, 3.63) is 132 Å². The molecule has 0 fully saturated rings. The van der Waals surface area contributed by atoms with E-state index < -0.39 is 5.97 Å². The molecule has 4 N–H and O–H groups in total. The molecule has 7 aromatic rings. The van der Waals surface area contributed by atoms with Gasteiger partial charge in [0.25, 0.3) is 11.8 Å². The topological polar surface area (TPSA) is 179 Å². The minimum absolute atomic E-state index is 0.136. The van der Waals surface area contributed by atoms with E-state index in [0.29, 0.717) is 53.4 Å². The summed E-state index contributed by atoms with van der Waals surface area (Å²) in [5.41, 5.74) is 5.22. The highest BCUT2D eigenvalue weighted by Crippen LogP contribution is 2.20. The van der Waals surface area contributed by atoms with Crippen molar-refractivity contribution >= 4 is 57.0 Å². The van der Waals surface area contributed by atoms with Gasteiger partial charge >= 0.3 is 5.97 Å².